The van der Waals surface area contributed by atoms with Crippen LogP contribution in [-0.2, 0) is 9.53 Å². The Morgan fingerprint density at radius 2 is 2.14 bits per heavy atom. The molecule has 4 heteroatoms. The van der Waals surface area contributed by atoms with E-state index in [0.29, 0.717) is 12.5 Å². The number of hydrogen-bond acceptors (Lipinski definition) is 3. The number of carboxylic acids is 1. The van der Waals surface area contributed by atoms with E-state index in [-0.39, 0.29) is 6.42 Å². The molecule has 1 aliphatic rings. The lowest BCUT2D eigenvalue weighted by molar-refractivity contribution is -0.137. The van der Waals surface area contributed by atoms with Gasteiger partial charge in [-0.25, -0.2) is 0 Å². The predicted molar refractivity (Wildman–Crippen MR) is 53.3 cm³/mol. The average Bonchev–Trinajstić information content (AvgIpc) is 2.16. The number of aliphatic carboxylic acids is 1. The Labute approximate surface area is 84.8 Å². The zero-order chi connectivity index (χ0) is 10.4. The van der Waals surface area contributed by atoms with Gasteiger partial charge < -0.3 is 14.7 Å². The van der Waals surface area contributed by atoms with E-state index in [4.69, 9.17) is 9.84 Å². The molecule has 82 valence electrons. The molecule has 0 atom stereocenters. The van der Waals surface area contributed by atoms with Crippen LogP contribution in [0.25, 0.3) is 0 Å². The molecule has 1 fully saturated rings. The highest BCUT2D eigenvalue weighted by Crippen LogP contribution is 2.15. The van der Waals surface area contributed by atoms with E-state index in [0.717, 1.165) is 32.6 Å². The maximum Gasteiger partial charge on any atom is 0.304 e. The molecule has 1 rings (SSSR count). The number of carbonyl (C=O) groups is 1. The largest absolute Gasteiger partial charge is 0.481 e. The van der Waals surface area contributed by atoms with Gasteiger partial charge in [0.05, 0.1) is 6.42 Å². The van der Waals surface area contributed by atoms with E-state index < -0.39 is 5.97 Å². The second-order valence-electron chi connectivity index (χ2n) is 3.96. The van der Waals surface area contributed by atoms with Crippen molar-refractivity contribution < 1.29 is 14.6 Å². The first-order chi connectivity index (χ1) is 6.68. The maximum absolute atomic E-state index is 10.3. The quantitative estimate of drug-likeness (QED) is 0.715. The summed E-state index contributed by atoms with van der Waals surface area (Å²) in [5.41, 5.74) is 0. The molecule has 1 aliphatic heterocycles. The van der Waals surface area contributed by atoms with Gasteiger partial charge in [-0.1, -0.05) is 0 Å². The van der Waals surface area contributed by atoms with Crippen LogP contribution in [0.15, 0.2) is 0 Å². The second-order valence-corrected chi connectivity index (χ2v) is 3.96. The fourth-order valence-electron chi connectivity index (χ4n) is 1.75. The molecule has 0 aromatic carbocycles. The van der Waals surface area contributed by atoms with E-state index >= 15 is 0 Å². The zero-order valence-corrected chi connectivity index (χ0v) is 8.74. The van der Waals surface area contributed by atoms with Gasteiger partial charge in [0.25, 0.3) is 0 Å². The third kappa shape index (κ3) is 4.58. The van der Waals surface area contributed by atoms with Crippen LogP contribution in [0.3, 0.4) is 0 Å². The first-order valence-electron chi connectivity index (χ1n) is 5.16. The SMILES string of the molecule is CN(CCC(=O)O)CC1CCOCC1. The number of ether oxygens (including phenoxy) is 1. The number of nitrogens with zero attached hydrogens (tertiary/aromatic N) is 1. The van der Waals surface area contributed by atoms with Crippen molar-refractivity contribution in [1.82, 2.24) is 4.90 Å². The molecule has 1 N–H and O–H groups in total. The summed E-state index contributed by atoms with van der Waals surface area (Å²) in [5, 5.41) is 8.52. The van der Waals surface area contributed by atoms with Gasteiger partial charge in [0.15, 0.2) is 0 Å². The molecule has 1 saturated heterocycles. The summed E-state index contributed by atoms with van der Waals surface area (Å²) in [4.78, 5) is 12.5. The standard InChI is InChI=1S/C10H19NO3/c1-11(5-2-10(12)13)8-9-3-6-14-7-4-9/h9H,2-8H2,1H3,(H,12,13). The van der Waals surface area contributed by atoms with Crippen molar-refractivity contribution >= 4 is 5.97 Å². The Balaban J connectivity index is 2.11. The first kappa shape index (κ1) is 11.5. The Morgan fingerprint density at radius 1 is 1.50 bits per heavy atom. The minimum Gasteiger partial charge on any atom is -0.481 e. The summed E-state index contributed by atoms with van der Waals surface area (Å²) in [6.45, 7) is 3.36. The summed E-state index contributed by atoms with van der Waals surface area (Å²) in [5.74, 6) is -0.0358. The lowest BCUT2D eigenvalue weighted by Crippen LogP contribution is -2.31. The van der Waals surface area contributed by atoms with Gasteiger partial charge in [0.2, 0.25) is 0 Å². The van der Waals surface area contributed by atoms with Crippen LogP contribution in [0.4, 0.5) is 0 Å². The van der Waals surface area contributed by atoms with Crippen LogP contribution in [0.1, 0.15) is 19.3 Å². The Morgan fingerprint density at radius 3 is 2.71 bits per heavy atom. The van der Waals surface area contributed by atoms with E-state index in [1.165, 1.54) is 0 Å². The lowest BCUT2D eigenvalue weighted by atomic mass is 10.00. The zero-order valence-electron chi connectivity index (χ0n) is 8.74. The molecule has 0 radical (unpaired) electrons. The van der Waals surface area contributed by atoms with Crippen molar-refractivity contribution in [3.8, 4) is 0 Å². The Hall–Kier alpha value is -0.610. The molecule has 0 saturated carbocycles. The van der Waals surface area contributed by atoms with Crippen LogP contribution in [0.5, 0.6) is 0 Å². The monoisotopic (exact) mass is 201 g/mol. The van der Waals surface area contributed by atoms with Gasteiger partial charge in [0, 0.05) is 26.3 Å². The Kier molecular flexibility index (Phi) is 4.90. The minimum atomic E-state index is -0.719. The molecular weight excluding hydrogens is 182 g/mol. The number of carboxylic acid groups (broad SMARTS) is 1. The minimum absolute atomic E-state index is 0.236. The van der Waals surface area contributed by atoms with Crippen LogP contribution in [-0.4, -0.2) is 49.3 Å². The van der Waals surface area contributed by atoms with Crippen molar-refractivity contribution in [1.29, 1.82) is 0 Å². The molecule has 4 nitrogen and oxygen atoms in total. The van der Waals surface area contributed by atoms with Crippen LogP contribution in [0, 0.1) is 5.92 Å². The van der Waals surface area contributed by atoms with E-state index in [1.807, 2.05) is 7.05 Å². The fourth-order valence-corrected chi connectivity index (χ4v) is 1.75. The molecule has 0 aromatic rings. The fraction of sp³-hybridized carbons (Fsp3) is 0.900. The Bertz CT molecular complexity index is 178. The van der Waals surface area contributed by atoms with Crippen LogP contribution in [0.2, 0.25) is 0 Å². The van der Waals surface area contributed by atoms with Gasteiger partial charge in [-0.3, -0.25) is 4.79 Å². The second kappa shape index (κ2) is 5.98. The number of rotatable bonds is 5. The van der Waals surface area contributed by atoms with Gasteiger partial charge in [-0.15, -0.1) is 0 Å². The summed E-state index contributed by atoms with van der Waals surface area (Å²) in [6, 6.07) is 0. The van der Waals surface area contributed by atoms with Gasteiger partial charge in [-0.05, 0) is 25.8 Å². The van der Waals surface area contributed by atoms with Gasteiger partial charge in [-0.2, -0.15) is 0 Å². The third-order valence-corrected chi connectivity index (χ3v) is 2.62. The van der Waals surface area contributed by atoms with Crippen molar-refractivity contribution in [3.63, 3.8) is 0 Å². The first-order valence-corrected chi connectivity index (χ1v) is 5.16. The third-order valence-electron chi connectivity index (χ3n) is 2.62. The normalized spacial score (nSPS) is 18.7. The molecule has 0 unspecified atom stereocenters. The average molecular weight is 201 g/mol. The summed E-state index contributed by atoms with van der Waals surface area (Å²) < 4.78 is 5.27. The topological polar surface area (TPSA) is 49.8 Å². The molecule has 0 aromatic heterocycles. The van der Waals surface area contributed by atoms with Gasteiger partial charge >= 0.3 is 5.97 Å². The molecular formula is C10H19NO3. The lowest BCUT2D eigenvalue weighted by Gasteiger charge is -2.26. The van der Waals surface area contributed by atoms with Crippen molar-refractivity contribution in [2.45, 2.75) is 19.3 Å². The summed E-state index contributed by atoms with van der Waals surface area (Å²) >= 11 is 0. The molecule has 0 spiro atoms. The highest BCUT2D eigenvalue weighted by Gasteiger charge is 2.15. The van der Waals surface area contributed by atoms with Crippen molar-refractivity contribution in [3.05, 3.63) is 0 Å². The molecule has 0 amide bonds. The molecule has 0 aliphatic carbocycles. The van der Waals surface area contributed by atoms with Gasteiger partial charge in [0.1, 0.15) is 0 Å². The summed E-state index contributed by atoms with van der Waals surface area (Å²) in [7, 11) is 1.98. The molecule has 0 bridgehead atoms. The van der Waals surface area contributed by atoms with E-state index in [1.54, 1.807) is 0 Å². The summed E-state index contributed by atoms with van der Waals surface area (Å²) in [6.07, 6.45) is 2.45. The van der Waals surface area contributed by atoms with E-state index in [9.17, 15) is 4.79 Å². The van der Waals surface area contributed by atoms with Crippen molar-refractivity contribution in [2.24, 2.45) is 5.92 Å². The smallest absolute Gasteiger partial charge is 0.304 e. The predicted octanol–water partition coefficient (Wildman–Crippen LogP) is 0.819. The van der Waals surface area contributed by atoms with E-state index in [2.05, 4.69) is 4.90 Å². The maximum atomic E-state index is 10.3. The molecule has 1 heterocycles. The van der Waals surface area contributed by atoms with Crippen LogP contribution < -0.4 is 0 Å². The highest BCUT2D eigenvalue weighted by molar-refractivity contribution is 5.66. The molecule has 14 heavy (non-hydrogen) atoms. The van der Waals surface area contributed by atoms with Crippen molar-refractivity contribution in [2.75, 3.05) is 33.4 Å². The highest BCUT2D eigenvalue weighted by atomic mass is 16.5. The van der Waals surface area contributed by atoms with Crippen LogP contribution >= 0.6 is 0 Å². The number of hydrogen-bond donors (Lipinski definition) is 1.